The summed E-state index contributed by atoms with van der Waals surface area (Å²) in [5.41, 5.74) is 0. The fourth-order valence-electron chi connectivity index (χ4n) is 2.52. The minimum atomic E-state index is -0.0751. The van der Waals surface area contributed by atoms with Crippen molar-refractivity contribution < 1.29 is 4.79 Å². The van der Waals surface area contributed by atoms with Gasteiger partial charge in [-0.3, -0.25) is 4.79 Å². The van der Waals surface area contributed by atoms with E-state index in [2.05, 4.69) is 11.0 Å². The third-order valence-corrected chi connectivity index (χ3v) is 3.53. The van der Waals surface area contributed by atoms with Crippen LogP contribution in [0.25, 0.3) is 0 Å². The molecule has 0 aromatic rings. The monoisotopic (exact) mass is 221 g/mol. The van der Waals surface area contributed by atoms with Gasteiger partial charge in [-0.2, -0.15) is 5.26 Å². The number of amides is 1. The summed E-state index contributed by atoms with van der Waals surface area (Å²) in [6.07, 6.45) is 4.34. The third kappa shape index (κ3) is 2.73. The molecule has 0 aromatic heterocycles. The van der Waals surface area contributed by atoms with E-state index in [0.717, 1.165) is 13.1 Å². The molecule has 0 bridgehead atoms. The van der Waals surface area contributed by atoms with Crippen molar-refractivity contribution in [3.05, 3.63) is 0 Å². The van der Waals surface area contributed by atoms with Crippen LogP contribution in [-0.2, 0) is 4.79 Å². The number of nitrogens with zero attached hydrogens (tertiary/aromatic N) is 3. The largest absolute Gasteiger partial charge is 0.340 e. The highest BCUT2D eigenvalue weighted by Crippen LogP contribution is 2.17. The molecule has 4 heteroatoms. The highest BCUT2D eigenvalue weighted by Gasteiger charge is 2.29. The van der Waals surface area contributed by atoms with E-state index < -0.39 is 0 Å². The predicted octanol–water partition coefficient (Wildman–Crippen LogP) is 0.844. The molecule has 0 saturated carbocycles. The Kier molecular flexibility index (Phi) is 3.79. The number of carbonyl (C=O) groups is 1. The molecular formula is C12H19N3O. The van der Waals surface area contributed by atoms with Crippen molar-refractivity contribution >= 4 is 5.91 Å². The van der Waals surface area contributed by atoms with Crippen LogP contribution >= 0.6 is 0 Å². The van der Waals surface area contributed by atoms with E-state index in [9.17, 15) is 4.79 Å². The summed E-state index contributed by atoms with van der Waals surface area (Å²) in [5, 5.41) is 8.78. The average molecular weight is 221 g/mol. The van der Waals surface area contributed by atoms with Gasteiger partial charge in [-0.1, -0.05) is 6.42 Å². The maximum Gasteiger partial charge on any atom is 0.224 e. The number of hydrogen-bond donors (Lipinski definition) is 0. The smallest absolute Gasteiger partial charge is 0.224 e. The van der Waals surface area contributed by atoms with Gasteiger partial charge in [-0.15, -0.1) is 0 Å². The van der Waals surface area contributed by atoms with Crippen molar-refractivity contribution in [1.82, 2.24) is 9.80 Å². The van der Waals surface area contributed by atoms with Crippen LogP contribution in [0.1, 0.15) is 25.7 Å². The van der Waals surface area contributed by atoms with Crippen molar-refractivity contribution in [3.8, 4) is 6.07 Å². The second-order valence-electron chi connectivity index (χ2n) is 4.77. The first kappa shape index (κ1) is 11.4. The lowest BCUT2D eigenvalue weighted by Crippen LogP contribution is -2.38. The van der Waals surface area contributed by atoms with Gasteiger partial charge in [0.15, 0.2) is 0 Å². The number of rotatable bonds is 3. The Morgan fingerprint density at radius 1 is 1.25 bits per heavy atom. The molecule has 16 heavy (non-hydrogen) atoms. The van der Waals surface area contributed by atoms with Gasteiger partial charge in [0.05, 0.1) is 12.0 Å². The van der Waals surface area contributed by atoms with E-state index in [-0.39, 0.29) is 11.8 Å². The van der Waals surface area contributed by atoms with Crippen LogP contribution in [0.2, 0.25) is 0 Å². The Balaban J connectivity index is 1.73. The Morgan fingerprint density at radius 2 is 2.00 bits per heavy atom. The molecule has 1 amide bonds. The number of piperidine rings is 1. The molecule has 88 valence electrons. The van der Waals surface area contributed by atoms with Crippen LogP contribution < -0.4 is 0 Å². The molecule has 0 aromatic carbocycles. The van der Waals surface area contributed by atoms with Crippen molar-refractivity contribution in [2.75, 3.05) is 32.7 Å². The van der Waals surface area contributed by atoms with E-state index in [1.54, 1.807) is 0 Å². The fraction of sp³-hybridized carbons (Fsp3) is 0.833. The lowest BCUT2D eigenvalue weighted by atomic mass is 10.1. The van der Waals surface area contributed by atoms with Gasteiger partial charge in [-0.25, -0.2) is 0 Å². The maximum absolute atomic E-state index is 11.6. The van der Waals surface area contributed by atoms with Gasteiger partial charge in [-0.05, 0) is 25.9 Å². The lowest BCUT2D eigenvalue weighted by Gasteiger charge is -2.28. The van der Waals surface area contributed by atoms with Crippen LogP contribution in [0, 0.1) is 17.2 Å². The minimum Gasteiger partial charge on any atom is -0.340 e. The minimum absolute atomic E-state index is 0.0751. The van der Waals surface area contributed by atoms with Crippen LogP contribution in [0.15, 0.2) is 0 Å². The first-order valence-corrected chi connectivity index (χ1v) is 6.19. The molecule has 2 saturated heterocycles. The van der Waals surface area contributed by atoms with E-state index in [1.807, 2.05) is 4.90 Å². The molecule has 1 atom stereocenters. The number of likely N-dealkylation sites (tertiary alicyclic amines) is 2. The summed E-state index contributed by atoms with van der Waals surface area (Å²) < 4.78 is 0. The molecule has 1 unspecified atom stereocenters. The molecule has 0 N–H and O–H groups in total. The van der Waals surface area contributed by atoms with Crippen LogP contribution in [-0.4, -0.2) is 48.4 Å². The summed E-state index contributed by atoms with van der Waals surface area (Å²) in [4.78, 5) is 15.8. The Bertz CT molecular complexity index is 291. The van der Waals surface area contributed by atoms with E-state index in [4.69, 9.17) is 5.26 Å². The zero-order valence-corrected chi connectivity index (χ0v) is 9.69. The van der Waals surface area contributed by atoms with Gasteiger partial charge < -0.3 is 9.80 Å². The van der Waals surface area contributed by atoms with Crippen LogP contribution in [0.4, 0.5) is 0 Å². The highest BCUT2D eigenvalue weighted by molar-refractivity contribution is 5.79. The molecule has 2 fully saturated rings. The lowest BCUT2D eigenvalue weighted by molar-refractivity contribution is -0.127. The SMILES string of the molecule is N#CC1CC(=O)N(CCN2CCCCC2)C1. The quantitative estimate of drug-likeness (QED) is 0.709. The summed E-state index contributed by atoms with van der Waals surface area (Å²) in [6.45, 7) is 4.76. The van der Waals surface area contributed by atoms with Gasteiger partial charge in [0.25, 0.3) is 0 Å². The molecule has 2 rings (SSSR count). The topological polar surface area (TPSA) is 47.3 Å². The van der Waals surface area contributed by atoms with Crippen molar-refractivity contribution in [3.63, 3.8) is 0 Å². The molecular weight excluding hydrogens is 202 g/mol. The standard InChI is InChI=1S/C12H19N3O/c13-9-11-8-12(16)15(10-11)7-6-14-4-2-1-3-5-14/h11H,1-8,10H2. The Hall–Kier alpha value is -1.08. The van der Waals surface area contributed by atoms with E-state index in [0.29, 0.717) is 13.0 Å². The molecule has 0 radical (unpaired) electrons. The van der Waals surface area contributed by atoms with Crippen LogP contribution in [0.3, 0.4) is 0 Å². The number of hydrogen-bond acceptors (Lipinski definition) is 3. The normalized spacial score (nSPS) is 27.1. The average Bonchev–Trinajstić information content (AvgIpc) is 2.69. The summed E-state index contributed by atoms with van der Waals surface area (Å²) >= 11 is 0. The number of nitriles is 1. The van der Waals surface area contributed by atoms with Crippen LogP contribution in [0.5, 0.6) is 0 Å². The van der Waals surface area contributed by atoms with Gasteiger partial charge >= 0.3 is 0 Å². The second kappa shape index (κ2) is 5.31. The molecule has 2 aliphatic rings. The van der Waals surface area contributed by atoms with Crippen molar-refractivity contribution in [1.29, 1.82) is 5.26 Å². The van der Waals surface area contributed by atoms with Crippen molar-refractivity contribution in [2.24, 2.45) is 5.92 Å². The maximum atomic E-state index is 11.6. The predicted molar refractivity (Wildman–Crippen MR) is 60.6 cm³/mol. The summed E-state index contributed by atoms with van der Waals surface area (Å²) in [6, 6.07) is 2.19. The van der Waals surface area contributed by atoms with Gasteiger partial charge in [0.1, 0.15) is 0 Å². The summed E-state index contributed by atoms with van der Waals surface area (Å²) in [7, 11) is 0. The molecule has 2 heterocycles. The van der Waals surface area contributed by atoms with Crippen molar-refractivity contribution in [2.45, 2.75) is 25.7 Å². The molecule has 0 aliphatic carbocycles. The van der Waals surface area contributed by atoms with Gasteiger partial charge in [0.2, 0.25) is 5.91 Å². The van der Waals surface area contributed by atoms with Gasteiger partial charge in [0, 0.05) is 26.1 Å². The third-order valence-electron chi connectivity index (χ3n) is 3.53. The Labute approximate surface area is 96.8 Å². The first-order chi connectivity index (χ1) is 7.79. The second-order valence-corrected chi connectivity index (χ2v) is 4.77. The highest BCUT2D eigenvalue weighted by atomic mass is 16.2. The zero-order valence-electron chi connectivity index (χ0n) is 9.69. The molecule has 4 nitrogen and oxygen atoms in total. The molecule has 0 spiro atoms. The number of carbonyl (C=O) groups excluding carboxylic acids is 1. The van der Waals surface area contributed by atoms with E-state index in [1.165, 1.54) is 32.4 Å². The Morgan fingerprint density at radius 3 is 2.62 bits per heavy atom. The molecule has 2 aliphatic heterocycles. The first-order valence-electron chi connectivity index (χ1n) is 6.19. The van der Waals surface area contributed by atoms with E-state index >= 15 is 0 Å². The zero-order chi connectivity index (χ0) is 11.4. The summed E-state index contributed by atoms with van der Waals surface area (Å²) in [5.74, 6) is 0.0809. The fourth-order valence-corrected chi connectivity index (χ4v) is 2.52.